The molecule has 0 aromatic carbocycles. The van der Waals surface area contributed by atoms with Gasteiger partial charge in [0.15, 0.2) is 17.4 Å². The second-order valence-corrected chi connectivity index (χ2v) is 11.9. The first-order valence-corrected chi connectivity index (χ1v) is 12.1. The Labute approximate surface area is 158 Å². The van der Waals surface area contributed by atoms with Crippen LogP contribution in [-0.4, -0.2) is 80.4 Å². The van der Waals surface area contributed by atoms with Gasteiger partial charge in [-0.3, -0.25) is 4.57 Å². The van der Waals surface area contributed by atoms with E-state index in [1.54, 1.807) is 4.57 Å². The summed E-state index contributed by atoms with van der Waals surface area (Å²) in [7, 11) is 0. The zero-order valence-electron chi connectivity index (χ0n) is 15.9. The van der Waals surface area contributed by atoms with Crippen LogP contribution in [0.5, 0.6) is 5.88 Å². The Morgan fingerprint density at radius 2 is 2.07 bits per heavy atom. The van der Waals surface area contributed by atoms with Crippen LogP contribution >= 0.6 is 6.89 Å². The third-order valence-corrected chi connectivity index (χ3v) is 5.95. The van der Waals surface area contributed by atoms with Gasteiger partial charge in [-0.1, -0.05) is 6.92 Å². The summed E-state index contributed by atoms with van der Waals surface area (Å²) in [6.07, 6.45) is 4.61. The molecule has 27 heavy (non-hydrogen) atoms. The number of imidazole rings is 1. The minimum atomic E-state index is -1.25. The lowest BCUT2D eigenvalue weighted by Crippen LogP contribution is -2.31. The van der Waals surface area contributed by atoms with Crippen molar-refractivity contribution in [2.45, 2.75) is 44.3 Å². The first-order chi connectivity index (χ1) is 12.7. The predicted octanol–water partition coefficient (Wildman–Crippen LogP) is 0.916. The molecule has 1 saturated heterocycles. The average Bonchev–Trinajstić information content (AvgIpc) is 3.12. The Kier molecular flexibility index (Phi) is 5.76. The van der Waals surface area contributed by atoms with E-state index < -0.39 is 31.4 Å². The Balaban J connectivity index is 1.88. The zero-order valence-corrected chi connectivity index (χ0v) is 16.8. The number of hydrogen-bond donors (Lipinski definition) is 3. The van der Waals surface area contributed by atoms with E-state index in [0.717, 1.165) is 12.6 Å². The molecule has 10 heteroatoms. The highest BCUT2D eigenvalue weighted by atomic mass is 31.2. The molecule has 0 amide bonds. The van der Waals surface area contributed by atoms with Crippen molar-refractivity contribution in [2.24, 2.45) is 0 Å². The van der Waals surface area contributed by atoms with E-state index in [1.165, 1.54) is 6.33 Å². The van der Waals surface area contributed by atoms with Gasteiger partial charge < -0.3 is 25.4 Å². The standard InChI is InChI=1S/C17H28N5O4P/c1-5-7-25-15-11-14(20-17(18)21-15)22(9-19-11)16-13(24)12(23)10(26-16)6-8-27(2,3)4/h9-10,12-13,16,23-24H,2,5-8H2,1,3-4H3,(H2,18,20,21)/t10?,12-,13-,16-/m1/s1. The second-order valence-electron chi connectivity index (χ2n) is 7.55. The van der Waals surface area contributed by atoms with Crippen LogP contribution in [-0.2, 0) is 4.74 Å². The van der Waals surface area contributed by atoms with Gasteiger partial charge in [-0.25, -0.2) is 4.98 Å². The molecule has 1 aliphatic heterocycles. The number of rotatable bonds is 7. The Morgan fingerprint density at radius 1 is 1.33 bits per heavy atom. The van der Waals surface area contributed by atoms with E-state index in [4.69, 9.17) is 15.2 Å². The quantitative estimate of drug-likeness (QED) is 0.588. The fourth-order valence-electron chi connectivity index (χ4n) is 3.07. The SMILES string of the molecule is C=P(C)(C)CCC1O[C@@H](n2cnc3c(OCCC)nc(N)nc32)[C@H](O)[C@@H]1O. The topological polar surface area (TPSA) is 129 Å². The van der Waals surface area contributed by atoms with E-state index >= 15 is 0 Å². The van der Waals surface area contributed by atoms with Crippen LogP contribution < -0.4 is 10.5 Å². The van der Waals surface area contributed by atoms with Gasteiger partial charge in [0, 0.05) is 0 Å². The van der Waals surface area contributed by atoms with E-state index in [1.807, 2.05) is 6.92 Å². The maximum Gasteiger partial charge on any atom is 0.247 e. The molecule has 2 aromatic heterocycles. The van der Waals surface area contributed by atoms with Gasteiger partial charge in [0.2, 0.25) is 11.8 Å². The molecule has 0 aliphatic carbocycles. The summed E-state index contributed by atoms with van der Waals surface area (Å²) in [5.74, 6) is 0.342. The summed E-state index contributed by atoms with van der Waals surface area (Å²) in [5, 5.41) is 21.0. The lowest BCUT2D eigenvalue weighted by atomic mass is 10.1. The highest BCUT2D eigenvalue weighted by Crippen LogP contribution is 2.40. The van der Waals surface area contributed by atoms with E-state index in [9.17, 15) is 10.2 Å². The van der Waals surface area contributed by atoms with Crippen molar-refractivity contribution in [3.05, 3.63) is 6.33 Å². The van der Waals surface area contributed by atoms with E-state index in [-0.39, 0.29) is 5.95 Å². The molecule has 4 N–H and O–H groups in total. The van der Waals surface area contributed by atoms with Crippen LogP contribution in [0.25, 0.3) is 11.2 Å². The van der Waals surface area contributed by atoms with E-state index in [0.29, 0.717) is 30.1 Å². The number of hydrogen-bond acceptors (Lipinski definition) is 8. The summed E-state index contributed by atoms with van der Waals surface area (Å²) in [6.45, 7) is 5.47. The monoisotopic (exact) mass is 397 g/mol. The molecule has 2 aromatic rings. The number of nitrogens with two attached hydrogens (primary N) is 1. The van der Waals surface area contributed by atoms with Crippen LogP contribution in [0.15, 0.2) is 6.33 Å². The number of ether oxygens (including phenoxy) is 2. The van der Waals surface area contributed by atoms with Crippen molar-refractivity contribution in [2.75, 3.05) is 31.8 Å². The summed E-state index contributed by atoms with van der Waals surface area (Å²) in [4.78, 5) is 12.6. The van der Waals surface area contributed by atoms with Crippen molar-refractivity contribution >= 4 is 30.3 Å². The van der Waals surface area contributed by atoms with Gasteiger partial charge in [0.1, 0.15) is 12.2 Å². The number of aliphatic hydroxyl groups is 2. The molecular formula is C17H28N5O4P. The highest BCUT2D eigenvalue weighted by Gasteiger charge is 2.44. The summed E-state index contributed by atoms with van der Waals surface area (Å²) in [5.41, 5.74) is 6.65. The zero-order chi connectivity index (χ0) is 19.8. The molecule has 3 rings (SSSR count). The molecule has 0 bridgehead atoms. The third kappa shape index (κ3) is 4.27. The molecule has 9 nitrogen and oxygen atoms in total. The maximum absolute atomic E-state index is 10.5. The normalized spacial score (nSPS) is 26.0. The number of nitrogens with zero attached hydrogens (tertiary/aromatic N) is 4. The number of nitrogen functional groups attached to an aromatic ring is 1. The summed E-state index contributed by atoms with van der Waals surface area (Å²) in [6, 6.07) is 0. The van der Waals surface area contributed by atoms with Crippen molar-refractivity contribution in [1.82, 2.24) is 19.5 Å². The van der Waals surface area contributed by atoms with Gasteiger partial charge >= 0.3 is 0 Å². The largest absolute Gasteiger partial charge is 0.476 e. The molecule has 3 heterocycles. The molecule has 1 unspecified atom stereocenters. The minimum absolute atomic E-state index is 0.0449. The van der Waals surface area contributed by atoms with Crippen LogP contribution in [0.2, 0.25) is 0 Å². The minimum Gasteiger partial charge on any atom is -0.476 e. The summed E-state index contributed by atoms with van der Waals surface area (Å²) < 4.78 is 13.1. The molecule has 1 fully saturated rings. The van der Waals surface area contributed by atoms with Crippen molar-refractivity contribution in [1.29, 1.82) is 0 Å². The predicted molar refractivity (Wildman–Crippen MR) is 107 cm³/mol. The number of aromatic nitrogens is 4. The molecular weight excluding hydrogens is 369 g/mol. The fraction of sp³-hybridized carbons (Fsp3) is 0.647. The lowest BCUT2D eigenvalue weighted by Gasteiger charge is -2.18. The molecule has 0 radical (unpaired) electrons. The molecule has 1 aliphatic rings. The number of anilines is 1. The molecule has 4 atom stereocenters. The number of fused-ring (bicyclic) bond motifs is 1. The summed E-state index contributed by atoms with van der Waals surface area (Å²) >= 11 is 0. The second kappa shape index (κ2) is 7.75. The average molecular weight is 397 g/mol. The van der Waals surface area contributed by atoms with Gasteiger partial charge in [0.25, 0.3) is 0 Å². The van der Waals surface area contributed by atoms with Crippen molar-refractivity contribution in [3.8, 4) is 5.88 Å². The Hall–Kier alpha value is -1.67. The Bertz CT molecular complexity index is 851. The van der Waals surface area contributed by atoms with Gasteiger partial charge in [-0.2, -0.15) is 9.97 Å². The maximum atomic E-state index is 10.5. The first kappa shape index (κ1) is 20.1. The van der Waals surface area contributed by atoms with Crippen molar-refractivity contribution < 1.29 is 19.7 Å². The van der Waals surface area contributed by atoms with Gasteiger partial charge in [0.05, 0.1) is 19.0 Å². The first-order valence-electron chi connectivity index (χ1n) is 9.03. The molecule has 0 spiro atoms. The highest BCUT2D eigenvalue weighted by molar-refractivity contribution is 7.72. The number of aliphatic hydroxyl groups excluding tert-OH is 2. The Morgan fingerprint density at radius 3 is 2.74 bits per heavy atom. The van der Waals surface area contributed by atoms with Crippen molar-refractivity contribution in [3.63, 3.8) is 0 Å². The molecule has 0 saturated carbocycles. The van der Waals surface area contributed by atoms with Crippen LogP contribution in [0.3, 0.4) is 0 Å². The van der Waals surface area contributed by atoms with E-state index in [2.05, 4.69) is 34.6 Å². The molecule has 150 valence electrons. The van der Waals surface area contributed by atoms with Crippen LogP contribution in [0, 0.1) is 0 Å². The third-order valence-electron chi connectivity index (χ3n) is 4.48. The fourth-order valence-corrected chi connectivity index (χ4v) is 4.02. The lowest BCUT2D eigenvalue weighted by molar-refractivity contribution is -0.0353. The van der Waals surface area contributed by atoms with Gasteiger partial charge in [-0.05, 0) is 32.3 Å². The van der Waals surface area contributed by atoms with Crippen LogP contribution in [0.1, 0.15) is 26.0 Å². The van der Waals surface area contributed by atoms with Gasteiger partial charge in [-0.15, -0.1) is 13.2 Å². The smallest absolute Gasteiger partial charge is 0.247 e. The van der Waals surface area contributed by atoms with Crippen LogP contribution in [0.4, 0.5) is 5.95 Å².